The second-order valence-electron chi connectivity index (χ2n) is 0.936. The van der Waals surface area contributed by atoms with Crippen molar-refractivity contribution in [2.45, 2.75) is 19.8 Å². The standard InChI is InChI=1S/C4H9.Al.2ClH/c1-3-4-2;;;/h1,3-4H2,2H3;;2*1H/q-1;+3;;/p-2. The van der Waals surface area contributed by atoms with E-state index < -0.39 is 0 Å². The molecule has 0 rings (SSSR count). The molecule has 0 amide bonds. The molecule has 0 saturated heterocycles. The normalized spacial score (nSPS) is 5.71. The van der Waals surface area contributed by atoms with E-state index in [0.717, 1.165) is 6.42 Å². The number of hydrogen-bond acceptors (Lipinski definition) is 0. The van der Waals surface area contributed by atoms with E-state index in [1.54, 1.807) is 0 Å². The Balaban J connectivity index is 0. The van der Waals surface area contributed by atoms with Gasteiger partial charge in [-0.1, -0.05) is 13.3 Å². The van der Waals surface area contributed by atoms with Gasteiger partial charge in [0.05, 0.1) is 0 Å². The number of hydrogen-bond donors (Lipinski definition) is 0. The van der Waals surface area contributed by atoms with Gasteiger partial charge in [0.15, 0.2) is 0 Å². The molecule has 3 heteroatoms. The van der Waals surface area contributed by atoms with Crippen molar-refractivity contribution in [2.75, 3.05) is 0 Å². The van der Waals surface area contributed by atoms with Crippen molar-refractivity contribution in [3.63, 3.8) is 0 Å². The van der Waals surface area contributed by atoms with E-state index in [1.165, 1.54) is 6.42 Å². The molecule has 0 N–H and O–H groups in total. The van der Waals surface area contributed by atoms with Crippen LogP contribution in [0.25, 0.3) is 0 Å². The van der Waals surface area contributed by atoms with Crippen LogP contribution in [-0.4, -0.2) is 13.4 Å². The van der Waals surface area contributed by atoms with Crippen molar-refractivity contribution < 1.29 is 0 Å². The summed E-state index contributed by atoms with van der Waals surface area (Å²) in [5, 5.41) is 0. The second kappa shape index (κ2) is 15.7. The molecule has 0 aliphatic heterocycles. The Morgan fingerprint density at radius 3 is 1.71 bits per heavy atom. The maximum absolute atomic E-state index is 4.85. The summed E-state index contributed by atoms with van der Waals surface area (Å²) in [5.74, 6) is 0. The summed E-state index contributed by atoms with van der Waals surface area (Å²) in [6.07, 6.45) is 2.28. The van der Waals surface area contributed by atoms with Gasteiger partial charge in [-0.05, 0) is 0 Å². The Bertz CT molecular complexity index is 17.2. The van der Waals surface area contributed by atoms with Gasteiger partial charge in [-0.2, -0.15) is 6.42 Å². The quantitative estimate of drug-likeness (QED) is 0.403. The van der Waals surface area contributed by atoms with Gasteiger partial charge in [0.2, 0.25) is 0 Å². The van der Waals surface area contributed by atoms with Gasteiger partial charge < -0.3 is 6.92 Å². The first-order valence-electron chi connectivity index (χ1n) is 2.14. The fourth-order valence-corrected chi connectivity index (χ4v) is 0. The molecule has 0 fully saturated rings. The average molecular weight is 155 g/mol. The zero-order valence-electron chi connectivity index (χ0n) is 4.45. The molecule has 0 aromatic carbocycles. The van der Waals surface area contributed by atoms with Gasteiger partial charge in [0.1, 0.15) is 0 Å². The van der Waals surface area contributed by atoms with E-state index in [1.807, 2.05) is 0 Å². The van der Waals surface area contributed by atoms with Crippen LogP contribution in [0.4, 0.5) is 0 Å². The molecule has 0 aromatic rings. The van der Waals surface area contributed by atoms with Crippen LogP contribution in [0.2, 0.25) is 0 Å². The van der Waals surface area contributed by atoms with Gasteiger partial charge in [-0.3, -0.25) is 0 Å². The third kappa shape index (κ3) is 41.7. The first kappa shape index (κ1) is 11.0. The van der Waals surface area contributed by atoms with Crippen molar-refractivity contribution in [1.82, 2.24) is 0 Å². The van der Waals surface area contributed by atoms with Crippen LogP contribution in [0.3, 0.4) is 0 Å². The average Bonchev–Trinajstić information content (AvgIpc) is 1.69. The fraction of sp³-hybridized carbons (Fsp3) is 0.750. The topological polar surface area (TPSA) is 0 Å². The Labute approximate surface area is 60.3 Å². The van der Waals surface area contributed by atoms with Crippen LogP contribution in [0.5, 0.6) is 0 Å². The van der Waals surface area contributed by atoms with Crippen molar-refractivity contribution in [1.29, 1.82) is 0 Å². The molecule has 0 heterocycles. The van der Waals surface area contributed by atoms with E-state index >= 15 is 0 Å². The summed E-state index contributed by atoms with van der Waals surface area (Å²) < 4.78 is 0. The zero-order chi connectivity index (χ0) is 6.12. The van der Waals surface area contributed by atoms with E-state index in [2.05, 4.69) is 13.8 Å². The van der Waals surface area contributed by atoms with Crippen LogP contribution in [0.1, 0.15) is 19.8 Å². The third-order valence-electron chi connectivity index (χ3n) is 0.354. The predicted octanol–water partition coefficient (Wildman–Crippen LogP) is 2.62. The Morgan fingerprint density at radius 2 is 1.71 bits per heavy atom. The molecular weight excluding hydrogens is 146 g/mol. The van der Waals surface area contributed by atoms with Crippen LogP contribution >= 0.6 is 20.1 Å². The summed E-state index contributed by atoms with van der Waals surface area (Å²) in [6, 6.07) is 0. The molecule has 0 radical (unpaired) electrons. The first-order valence-corrected chi connectivity index (χ1v) is 5.64. The monoisotopic (exact) mass is 154 g/mol. The number of unbranched alkanes of at least 4 members (excludes halogenated alkanes) is 1. The second-order valence-corrected chi connectivity index (χ2v) is 3.08. The van der Waals surface area contributed by atoms with Crippen LogP contribution in [-0.2, 0) is 0 Å². The molecule has 7 heavy (non-hydrogen) atoms. The van der Waals surface area contributed by atoms with Gasteiger partial charge in [-0.15, -0.1) is 0 Å². The predicted molar refractivity (Wildman–Crippen MR) is 37.7 cm³/mol. The third-order valence-corrected chi connectivity index (χ3v) is 0.354. The molecule has 0 unspecified atom stereocenters. The maximum atomic E-state index is 4.85. The molecular formula is C4H9AlCl2. The Morgan fingerprint density at radius 1 is 1.57 bits per heavy atom. The summed E-state index contributed by atoms with van der Waals surface area (Å²) in [7, 11) is 9.69. The zero-order valence-corrected chi connectivity index (χ0v) is 7.12. The fourth-order valence-electron chi connectivity index (χ4n) is 0. The van der Waals surface area contributed by atoms with Gasteiger partial charge in [0.25, 0.3) is 0 Å². The molecule has 0 atom stereocenters. The SMILES string of the molecule is [CH2-]CCC.[Cl][Al+][Cl]. The van der Waals surface area contributed by atoms with E-state index in [-0.39, 0.29) is 13.4 Å². The molecule has 0 aliphatic carbocycles. The Kier molecular flexibility index (Phi) is 24.7. The minimum absolute atomic E-state index is 0.306. The van der Waals surface area contributed by atoms with Crippen LogP contribution in [0, 0.1) is 6.92 Å². The molecule has 0 aromatic heterocycles. The van der Waals surface area contributed by atoms with E-state index in [0.29, 0.717) is 0 Å². The van der Waals surface area contributed by atoms with Crippen molar-refractivity contribution in [2.24, 2.45) is 0 Å². The molecule has 42 valence electrons. The van der Waals surface area contributed by atoms with Gasteiger partial charge in [0, 0.05) is 0 Å². The Hall–Kier alpha value is 1.11. The molecule has 0 aliphatic rings. The van der Waals surface area contributed by atoms with Crippen molar-refractivity contribution in [3.05, 3.63) is 6.92 Å². The molecule has 0 spiro atoms. The summed E-state index contributed by atoms with van der Waals surface area (Å²) in [6.45, 7) is 5.72. The van der Waals surface area contributed by atoms with Gasteiger partial charge in [-0.25, -0.2) is 0 Å². The number of halogens is 2. The molecule has 0 nitrogen and oxygen atoms in total. The minimum atomic E-state index is -0.306. The summed E-state index contributed by atoms with van der Waals surface area (Å²) in [4.78, 5) is 0. The number of rotatable bonds is 1. The molecule has 0 bridgehead atoms. The van der Waals surface area contributed by atoms with Crippen molar-refractivity contribution in [3.8, 4) is 0 Å². The van der Waals surface area contributed by atoms with Gasteiger partial charge >= 0.3 is 33.5 Å². The van der Waals surface area contributed by atoms with Crippen LogP contribution in [0.15, 0.2) is 0 Å². The van der Waals surface area contributed by atoms with E-state index in [9.17, 15) is 0 Å². The van der Waals surface area contributed by atoms with E-state index in [4.69, 9.17) is 20.1 Å². The van der Waals surface area contributed by atoms with Crippen LogP contribution < -0.4 is 0 Å². The summed E-state index contributed by atoms with van der Waals surface area (Å²) >= 11 is -0.306. The van der Waals surface area contributed by atoms with Crippen molar-refractivity contribution >= 4 is 33.5 Å². The summed E-state index contributed by atoms with van der Waals surface area (Å²) in [5.41, 5.74) is 0. The molecule has 0 saturated carbocycles. The first-order chi connectivity index (χ1) is 3.33.